The zero-order valence-electron chi connectivity index (χ0n) is 24.4. The van der Waals surface area contributed by atoms with E-state index < -0.39 is 12.1 Å². The summed E-state index contributed by atoms with van der Waals surface area (Å²) >= 11 is 0. The highest BCUT2D eigenvalue weighted by molar-refractivity contribution is 6.08. The van der Waals surface area contributed by atoms with Gasteiger partial charge in [0.05, 0.1) is 13.2 Å². The summed E-state index contributed by atoms with van der Waals surface area (Å²) in [6.45, 7) is 4.22. The lowest BCUT2D eigenvalue weighted by atomic mass is 9.99. The predicted molar refractivity (Wildman–Crippen MR) is 164 cm³/mol. The van der Waals surface area contributed by atoms with E-state index in [4.69, 9.17) is 14.9 Å². The Hall–Kier alpha value is -4.99. The normalized spacial score (nSPS) is 12.1. The van der Waals surface area contributed by atoms with Crippen molar-refractivity contribution in [2.75, 3.05) is 36.1 Å². The standard InChI is InChI=1S/C33H36N4O6/c1-3-42-30(39)22-37(32(40)25-9-6-5-7-10-25)27-17-18-28-26(21-27)11-8-20-36(28)29(38)19-14-23-12-15-24(16-13-23)31(34)35-33(41)43-4-2/h5-7,9-10,12-13,15-18,21H,3-4,8,11,14,19-20,22H2,1-2H3,(H2,34,35,41). The quantitative estimate of drug-likeness (QED) is 0.199. The minimum Gasteiger partial charge on any atom is -0.465 e. The van der Waals surface area contributed by atoms with Crippen LogP contribution in [0.4, 0.5) is 16.2 Å². The average molecular weight is 585 g/mol. The molecule has 0 saturated heterocycles. The van der Waals surface area contributed by atoms with Crippen molar-refractivity contribution in [3.05, 3.63) is 95.1 Å². The molecule has 0 atom stereocenters. The first-order valence-electron chi connectivity index (χ1n) is 14.4. The molecule has 0 aliphatic carbocycles. The molecule has 3 amide bonds. The van der Waals surface area contributed by atoms with Crippen molar-refractivity contribution in [3.8, 4) is 0 Å². The highest BCUT2D eigenvalue weighted by Crippen LogP contribution is 2.32. The van der Waals surface area contributed by atoms with Crippen LogP contribution < -0.4 is 15.1 Å². The largest absolute Gasteiger partial charge is 0.465 e. The number of alkyl carbamates (subject to hydrolysis) is 1. The number of anilines is 2. The maximum Gasteiger partial charge on any atom is 0.412 e. The number of amidine groups is 1. The van der Waals surface area contributed by atoms with Crippen LogP contribution in [0.5, 0.6) is 0 Å². The SMILES string of the molecule is CCOC(=O)CN(C(=O)c1ccccc1)c1ccc2c(c1)CCCN2C(=O)CCc1ccc(C(=N)NC(=O)OCC)cc1. The Morgan fingerprint density at radius 2 is 1.63 bits per heavy atom. The molecule has 43 heavy (non-hydrogen) atoms. The summed E-state index contributed by atoms with van der Waals surface area (Å²) in [5.41, 5.74) is 4.23. The van der Waals surface area contributed by atoms with Crippen LogP contribution >= 0.6 is 0 Å². The number of nitrogens with zero attached hydrogens (tertiary/aromatic N) is 2. The summed E-state index contributed by atoms with van der Waals surface area (Å²) in [5.74, 6) is -0.883. The number of aryl methyl sites for hydroxylation is 2. The Morgan fingerprint density at radius 3 is 2.33 bits per heavy atom. The number of rotatable bonds is 10. The average Bonchev–Trinajstić information content (AvgIpc) is 3.02. The first kappa shape index (κ1) is 31.0. The highest BCUT2D eigenvalue weighted by atomic mass is 16.5. The van der Waals surface area contributed by atoms with E-state index in [2.05, 4.69) is 5.32 Å². The Morgan fingerprint density at radius 1 is 0.907 bits per heavy atom. The van der Waals surface area contributed by atoms with E-state index in [1.165, 1.54) is 4.90 Å². The van der Waals surface area contributed by atoms with Gasteiger partial charge in [0, 0.05) is 35.5 Å². The van der Waals surface area contributed by atoms with Gasteiger partial charge < -0.3 is 14.4 Å². The lowest BCUT2D eigenvalue weighted by Gasteiger charge is -2.31. The molecule has 0 fully saturated rings. The second-order valence-electron chi connectivity index (χ2n) is 9.94. The molecule has 0 bridgehead atoms. The molecule has 224 valence electrons. The molecule has 3 aromatic carbocycles. The molecule has 3 aromatic rings. The minimum absolute atomic E-state index is 0.0155. The Balaban J connectivity index is 1.45. The highest BCUT2D eigenvalue weighted by Gasteiger charge is 2.26. The van der Waals surface area contributed by atoms with Crippen molar-refractivity contribution in [1.82, 2.24) is 5.32 Å². The Labute approximate surface area is 251 Å². The van der Waals surface area contributed by atoms with Gasteiger partial charge in [0.15, 0.2) is 0 Å². The van der Waals surface area contributed by atoms with Gasteiger partial charge in [0.25, 0.3) is 5.91 Å². The van der Waals surface area contributed by atoms with Gasteiger partial charge in [0.1, 0.15) is 12.4 Å². The summed E-state index contributed by atoms with van der Waals surface area (Å²) in [4.78, 5) is 53.9. The first-order valence-corrected chi connectivity index (χ1v) is 14.4. The van der Waals surface area contributed by atoms with E-state index in [9.17, 15) is 19.2 Å². The summed E-state index contributed by atoms with van der Waals surface area (Å²) in [5, 5.41) is 10.4. The summed E-state index contributed by atoms with van der Waals surface area (Å²) in [6, 6.07) is 21.4. The monoisotopic (exact) mass is 584 g/mol. The van der Waals surface area contributed by atoms with Crippen LogP contribution in [0.1, 0.15) is 53.7 Å². The van der Waals surface area contributed by atoms with E-state index >= 15 is 0 Å². The van der Waals surface area contributed by atoms with Crippen LogP contribution in [0, 0.1) is 5.41 Å². The number of hydrogen-bond acceptors (Lipinski definition) is 7. The van der Waals surface area contributed by atoms with Crippen molar-refractivity contribution >= 4 is 41.1 Å². The molecule has 0 spiro atoms. The predicted octanol–water partition coefficient (Wildman–Crippen LogP) is 4.88. The fourth-order valence-corrected chi connectivity index (χ4v) is 4.93. The Bertz CT molecular complexity index is 1470. The number of carbonyl (C=O) groups is 4. The topological polar surface area (TPSA) is 129 Å². The van der Waals surface area contributed by atoms with Crippen LogP contribution in [0.25, 0.3) is 0 Å². The lowest BCUT2D eigenvalue weighted by Crippen LogP contribution is -2.38. The van der Waals surface area contributed by atoms with Gasteiger partial charge in [-0.15, -0.1) is 0 Å². The van der Waals surface area contributed by atoms with Gasteiger partial charge in [-0.1, -0.05) is 42.5 Å². The summed E-state index contributed by atoms with van der Waals surface area (Å²) in [6.07, 6.45) is 1.65. The minimum atomic E-state index is -0.675. The molecule has 0 aromatic heterocycles. The second-order valence-corrected chi connectivity index (χ2v) is 9.94. The molecule has 2 N–H and O–H groups in total. The van der Waals surface area contributed by atoms with Crippen LogP contribution in [-0.4, -0.2) is 56.0 Å². The van der Waals surface area contributed by atoms with Gasteiger partial charge in [-0.25, -0.2) is 4.79 Å². The Kier molecular flexibility index (Phi) is 10.6. The van der Waals surface area contributed by atoms with Gasteiger partial charge >= 0.3 is 12.1 Å². The number of hydrogen-bond donors (Lipinski definition) is 2. The van der Waals surface area contributed by atoms with Crippen LogP contribution in [0.2, 0.25) is 0 Å². The van der Waals surface area contributed by atoms with Crippen LogP contribution in [0.3, 0.4) is 0 Å². The number of nitrogens with one attached hydrogen (secondary N) is 2. The van der Waals surface area contributed by atoms with Gasteiger partial charge in [0.2, 0.25) is 5.91 Å². The fourth-order valence-electron chi connectivity index (χ4n) is 4.93. The number of carbonyl (C=O) groups excluding carboxylic acids is 4. The van der Waals surface area contributed by atoms with Crippen molar-refractivity contribution in [2.45, 2.75) is 39.5 Å². The number of amides is 3. The van der Waals surface area contributed by atoms with Gasteiger partial charge in [-0.2, -0.15) is 0 Å². The third-order valence-corrected chi connectivity index (χ3v) is 7.03. The van der Waals surface area contributed by atoms with Gasteiger partial charge in [-0.05, 0) is 74.6 Å². The van der Waals surface area contributed by atoms with Crippen molar-refractivity contribution in [3.63, 3.8) is 0 Å². The zero-order valence-corrected chi connectivity index (χ0v) is 24.4. The number of esters is 1. The van der Waals surface area contributed by atoms with Crippen molar-refractivity contribution in [2.24, 2.45) is 0 Å². The maximum atomic E-state index is 13.4. The van der Waals surface area contributed by atoms with E-state index in [1.807, 2.05) is 30.3 Å². The third kappa shape index (κ3) is 8.06. The van der Waals surface area contributed by atoms with E-state index in [0.717, 1.165) is 29.7 Å². The fraction of sp³-hybridized carbons (Fsp3) is 0.303. The number of benzene rings is 3. The maximum absolute atomic E-state index is 13.4. The molecular formula is C33H36N4O6. The van der Waals surface area contributed by atoms with E-state index in [1.54, 1.807) is 61.2 Å². The molecule has 0 unspecified atom stereocenters. The molecule has 1 aliphatic rings. The molecule has 10 nitrogen and oxygen atoms in total. The molecule has 10 heteroatoms. The molecule has 1 heterocycles. The summed E-state index contributed by atoms with van der Waals surface area (Å²) < 4.78 is 9.94. The number of ether oxygens (including phenoxy) is 2. The first-order chi connectivity index (χ1) is 20.8. The van der Waals surface area contributed by atoms with Crippen LogP contribution in [-0.2, 0) is 31.9 Å². The molecule has 0 radical (unpaired) electrons. The zero-order chi connectivity index (χ0) is 30.8. The van der Waals surface area contributed by atoms with Crippen molar-refractivity contribution in [1.29, 1.82) is 5.41 Å². The molecular weight excluding hydrogens is 548 g/mol. The van der Waals surface area contributed by atoms with E-state index in [0.29, 0.717) is 36.2 Å². The molecule has 1 aliphatic heterocycles. The second kappa shape index (κ2) is 14.8. The summed E-state index contributed by atoms with van der Waals surface area (Å²) in [7, 11) is 0. The number of fused-ring (bicyclic) bond motifs is 1. The van der Waals surface area contributed by atoms with Gasteiger partial charge in [-0.3, -0.25) is 30.0 Å². The van der Waals surface area contributed by atoms with E-state index in [-0.39, 0.29) is 37.4 Å². The smallest absolute Gasteiger partial charge is 0.412 e. The lowest BCUT2D eigenvalue weighted by molar-refractivity contribution is -0.141. The van der Waals surface area contributed by atoms with Crippen LogP contribution in [0.15, 0.2) is 72.8 Å². The van der Waals surface area contributed by atoms with Crippen molar-refractivity contribution < 1.29 is 28.7 Å². The molecule has 4 rings (SSSR count). The molecule has 0 saturated carbocycles. The third-order valence-electron chi connectivity index (χ3n) is 7.03.